The highest BCUT2D eigenvalue weighted by molar-refractivity contribution is 7.99. The number of amides is 1. The van der Waals surface area contributed by atoms with E-state index in [1.807, 2.05) is 12.1 Å². The third kappa shape index (κ3) is 4.98. The van der Waals surface area contributed by atoms with E-state index < -0.39 is 5.97 Å². The maximum absolute atomic E-state index is 12.1. The van der Waals surface area contributed by atoms with Gasteiger partial charge in [-0.05, 0) is 36.2 Å². The van der Waals surface area contributed by atoms with E-state index in [0.717, 1.165) is 12.0 Å². The number of rotatable bonds is 7. The van der Waals surface area contributed by atoms with E-state index in [9.17, 15) is 9.59 Å². The highest BCUT2D eigenvalue weighted by Crippen LogP contribution is 2.20. The maximum Gasteiger partial charge on any atom is 0.337 e. The predicted molar refractivity (Wildman–Crippen MR) is 108 cm³/mol. The molecule has 2 N–H and O–H groups in total. The van der Waals surface area contributed by atoms with Gasteiger partial charge in [0.15, 0.2) is 5.82 Å². The lowest BCUT2D eigenvalue weighted by atomic mass is 10.1. The molecule has 8 heteroatoms. The molecular formula is C20H20N4O3S. The highest BCUT2D eigenvalue weighted by atomic mass is 32.2. The minimum absolute atomic E-state index is 0.171. The lowest BCUT2D eigenvalue weighted by Gasteiger charge is -2.05. The van der Waals surface area contributed by atoms with Gasteiger partial charge in [0.1, 0.15) is 0 Å². The Kier molecular flexibility index (Phi) is 6.44. The van der Waals surface area contributed by atoms with Gasteiger partial charge in [-0.3, -0.25) is 9.89 Å². The SMILES string of the molecule is CCc1ccc(-c2nc(SCC(=O)Nc3ccc(C(=O)OC)cc3)n[nH]2)cc1. The summed E-state index contributed by atoms with van der Waals surface area (Å²) in [6.45, 7) is 2.11. The third-order valence-corrected chi connectivity index (χ3v) is 4.87. The Bertz CT molecular complexity index is 952. The molecular weight excluding hydrogens is 376 g/mol. The van der Waals surface area contributed by atoms with Crippen LogP contribution in [0.15, 0.2) is 53.7 Å². The summed E-state index contributed by atoms with van der Waals surface area (Å²) in [5.41, 5.74) is 3.24. The van der Waals surface area contributed by atoms with Gasteiger partial charge >= 0.3 is 5.97 Å². The quantitative estimate of drug-likeness (QED) is 0.468. The van der Waals surface area contributed by atoms with Crippen LogP contribution in [-0.2, 0) is 16.0 Å². The second-order valence-electron chi connectivity index (χ2n) is 5.92. The van der Waals surface area contributed by atoms with E-state index in [1.165, 1.54) is 24.4 Å². The van der Waals surface area contributed by atoms with E-state index in [2.05, 4.69) is 44.3 Å². The molecule has 0 saturated carbocycles. The Labute approximate surface area is 166 Å². The lowest BCUT2D eigenvalue weighted by Crippen LogP contribution is -2.14. The first-order valence-corrected chi connectivity index (χ1v) is 9.70. The second kappa shape index (κ2) is 9.18. The summed E-state index contributed by atoms with van der Waals surface area (Å²) in [4.78, 5) is 28.0. The van der Waals surface area contributed by atoms with Gasteiger partial charge < -0.3 is 10.1 Å². The normalized spacial score (nSPS) is 10.5. The fraction of sp³-hybridized carbons (Fsp3) is 0.200. The number of carbonyl (C=O) groups excluding carboxylic acids is 2. The van der Waals surface area contributed by atoms with Gasteiger partial charge in [0.25, 0.3) is 0 Å². The number of hydrogen-bond acceptors (Lipinski definition) is 6. The number of ether oxygens (including phenoxy) is 1. The zero-order valence-electron chi connectivity index (χ0n) is 15.6. The van der Waals surface area contributed by atoms with E-state index in [-0.39, 0.29) is 11.7 Å². The maximum atomic E-state index is 12.1. The monoisotopic (exact) mass is 396 g/mol. The third-order valence-electron chi connectivity index (χ3n) is 4.02. The van der Waals surface area contributed by atoms with E-state index in [4.69, 9.17) is 0 Å². The Morgan fingerprint density at radius 3 is 2.46 bits per heavy atom. The topological polar surface area (TPSA) is 97.0 Å². The predicted octanol–water partition coefficient (Wildman–Crippen LogP) is 3.55. The van der Waals surface area contributed by atoms with E-state index >= 15 is 0 Å². The van der Waals surface area contributed by atoms with Crippen LogP contribution in [-0.4, -0.2) is 39.9 Å². The molecule has 0 aliphatic heterocycles. The van der Waals surface area contributed by atoms with Crippen LogP contribution < -0.4 is 5.32 Å². The number of thioether (sulfide) groups is 1. The molecule has 2 aromatic carbocycles. The molecule has 1 aromatic heterocycles. The van der Waals surface area contributed by atoms with Crippen LogP contribution in [0.2, 0.25) is 0 Å². The Morgan fingerprint density at radius 1 is 1.11 bits per heavy atom. The van der Waals surface area contributed by atoms with Crippen LogP contribution in [0.3, 0.4) is 0 Å². The molecule has 0 aliphatic rings. The fourth-order valence-corrected chi connectivity index (χ4v) is 3.07. The number of aromatic amines is 1. The first-order chi connectivity index (χ1) is 13.6. The minimum Gasteiger partial charge on any atom is -0.465 e. The molecule has 0 spiro atoms. The smallest absolute Gasteiger partial charge is 0.337 e. The summed E-state index contributed by atoms with van der Waals surface area (Å²) in [5.74, 6) is 0.238. The van der Waals surface area contributed by atoms with Crippen LogP contribution >= 0.6 is 11.8 Å². The molecule has 0 unspecified atom stereocenters. The number of hydrogen-bond donors (Lipinski definition) is 2. The summed E-state index contributed by atoms with van der Waals surface area (Å²) in [6.07, 6.45) is 0.984. The fourth-order valence-electron chi connectivity index (χ4n) is 2.47. The average molecular weight is 396 g/mol. The second-order valence-corrected chi connectivity index (χ2v) is 6.87. The molecule has 0 saturated heterocycles. The number of aromatic nitrogens is 3. The van der Waals surface area contributed by atoms with E-state index in [1.54, 1.807) is 24.3 Å². The van der Waals surface area contributed by atoms with Crippen LogP contribution in [0, 0.1) is 0 Å². The Balaban J connectivity index is 1.53. The van der Waals surface area contributed by atoms with Crippen molar-refractivity contribution in [3.8, 4) is 11.4 Å². The van der Waals surface area contributed by atoms with Gasteiger partial charge in [-0.25, -0.2) is 9.78 Å². The van der Waals surface area contributed by atoms with Crippen LogP contribution in [0.5, 0.6) is 0 Å². The molecule has 144 valence electrons. The number of H-pyrrole nitrogens is 1. The lowest BCUT2D eigenvalue weighted by molar-refractivity contribution is -0.113. The zero-order chi connectivity index (χ0) is 19.9. The molecule has 3 aromatic rings. The molecule has 0 aliphatic carbocycles. The van der Waals surface area contributed by atoms with Crippen molar-refractivity contribution < 1.29 is 14.3 Å². The van der Waals surface area contributed by atoms with Crippen molar-refractivity contribution >= 4 is 29.3 Å². The highest BCUT2D eigenvalue weighted by Gasteiger charge is 2.10. The first kappa shape index (κ1) is 19.6. The van der Waals surface area contributed by atoms with Crippen molar-refractivity contribution in [2.45, 2.75) is 18.5 Å². The number of nitrogens with one attached hydrogen (secondary N) is 2. The van der Waals surface area contributed by atoms with Gasteiger partial charge in [0, 0.05) is 11.3 Å². The van der Waals surface area contributed by atoms with Crippen molar-refractivity contribution in [1.82, 2.24) is 15.2 Å². The Hall–Kier alpha value is -3.13. The van der Waals surface area contributed by atoms with Crippen molar-refractivity contribution in [3.05, 3.63) is 59.7 Å². The summed E-state index contributed by atoms with van der Waals surface area (Å²) in [6, 6.07) is 14.6. The van der Waals surface area contributed by atoms with Gasteiger partial charge in [-0.2, -0.15) is 0 Å². The molecule has 7 nitrogen and oxygen atoms in total. The number of nitrogens with zero attached hydrogens (tertiary/aromatic N) is 2. The van der Waals surface area contributed by atoms with Crippen molar-refractivity contribution in [3.63, 3.8) is 0 Å². The zero-order valence-corrected chi connectivity index (χ0v) is 16.4. The molecule has 1 amide bonds. The van der Waals surface area contributed by atoms with Crippen molar-refractivity contribution in [1.29, 1.82) is 0 Å². The molecule has 0 atom stereocenters. The standard InChI is InChI=1S/C20H20N4O3S/c1-3-13-4-6-14(7-5-13)18-22-20(24-23-18)28-12-17(25)21-16-10-8-15(9-11-16)19(26)27-2/h4-11H,3,12H2,1-2H3,(H,21,25)(H,22,23,24). The first-order valence-electron chi connectivity index (χ1n) is 8.71. The molecule has 1 heterocycles. The van der Waals surface area contributed by atoms with Gasteiger partial charge in [0.2, 0.25) is 11.1 Å². The van der Waals surface area contributed by atoms with Crippen molar-refractivity contribution in [2.75, 3.05) is 18.2 Å². The number of anilines is 1. The van der Waals surface area contributed by atoms with Crippen LogP contribution in [0.1, 0.15) is 22.8 Å². The molecule has 28 heavy (non-hydrogen) atoms. The van der Waals surface area contributed by atoms with Gasteiger partial charge in [-0.1, -0.05) is 43.0 Å². The summed E-state index contributed by atoms with van der Waals surface area (Å²) >= 11 is 1.24. The summed E-state index contributed by atoms with van der Waals surface area (Å²) < 4.78 is 4.64. The minimum atomic E-state index is -0.418. The molecule has 0 fully saturated rings. The van der Waals surface area contributed by atoms with Crippen molar-refractivity contribution in [2.24, 2.45) is 0 Å². The largest absolute Gasteiger partial charge is 0.465 e. The number of aryl methyl sites for hydroxylation is 1. The average Bonchev–Trinajstić information content (AvgIpc) is 3.21. The van der Waals surface area contributed by atoms with Gasteiger partial charge in [0.05, 0.1) is 18.4 Å². The number of carbonyl (C=O) groups is 2. The summed E-state index contributed by atoms with van der Waals surface area (Å²) in [5, 5.41) is 10.3. The van der Waals surface area contributed by atoms with Crippen LogP contribution in [0.25, 0.3) is 11.4 Å². The van der Waals surface area contributed by atoms with E-state index in [0.29, 0.717) is 22.2 Å². The van der Waals surface area contributed by atoms with Gasteiger partial charge in [-0.15, -0.1) is 5.10 Å². The molecule has 3 rings (SSSR count). The van der Waals surface area contributed by atoms with Crippen LogP contribution in [0.4, 0.5) is 5.69 Å². The molecule has 0 radical (unpaired) electrons. The number of esters is 1. The number of methoxy groups -OCH3 is 1. The number of benzene rings is 2. The molecule has 0 bridgehead atoms. The Morgan fingerprint density at radius 2 is 1.82 bits per heavy atom. The summed E-state index contributed by atoms with van der Waals surface area (Å²) in [7, 11) is 1.32.